The maximum Gasteiger partial charge on any atom is 0.200 e. The first-order valence-electron chi connectivity index (χ1n) is 5.70. The Bertz CT molecular complexity index is 813. The highest BCUT2D eigenvalue weighted by molar-refractivity contribution is 9.10. The van der Waals surface area contributed by atoms with Gasteiger partial charge in [0.25, 0.3) is 0 Å². The zero-order valence-corrected chi connectivity index (χ0v) is 13.2. The molecule has 4 nitrogen and oxygen atoms in total. The van der Waals surface area contributed by atoms with Crippen LogP contribution in [0.3, 0.4) is 0 Å². The molecular formula is C13H8BrClN4S. The van der Waals surface area contributed by atoms with Crippen LogP contribution in [-0.2, 0) is 0 Å². The van der Waals surface area contributed by atoms with Crippen LogP contribution in [0.1, 0.15) is 0 Å². The molecule has 0 atom stereocenters. The summed E-state index contributed by atoms with van der Waals surface area (Å²) in [5.41, 5.74) is 1.62. The van der Waals surface area contributed by atoms with Gasteiger partial charge in [0.2, 0.25) is 0 Å². The van der Waals surface area contributed by atoms with E-state index in [1.807, 2.05) is 30.3 Å². The molecule has 3 rings (SSSR count). The minimum Gasteiger partial charge on any atom is -0.267 e. The Morgan fingerprint density at radius 1 is 1.30 bits per heavy atom. The van der Waals surface area contributed by atoms with Crippen LogP contribution in [0.2, 0.25) is 5.02 Å². The average molecular weight is 368 g/mol. The minimum absolute atomic E-state index is 0.476. The van der Waals surface area contributed by atoms with Crippen LogP contribution >= 0.6 is 39.7 Å². The van der Waals surface area contributed by atoms with E-state index in [0.29, 0.717) is 15.6 Å². The van der Waals surface area contributed by atoms with Crippen LogP contribution in [0.15, 0.2) is 47.2 Å². The number of aromatic nitrogens is 4. The number of hydrogen-bond donors (Lipinski definition) is 1. The first-order valence-corrected chi connectivity index (χ1v) is 7.28. The molecule has 2 heterocycles. The van der Waals surface area contributed by atoms with E-state index in [-0.39, 0.29) is 0 Å². The first-order chi connectivity index (χ1) is 9.66. The summed E-state index contributed by atoms with van der Waals surface area (Å²) in [6.07, 6.45) is 3.44. The average Bonchev–Trinajstić information content (AvgIpc) is 2.84. The van der Waals surface area contributed by atoms with Gasteiger partial charge in [-0.1, -0.05) is 27.5 Å². The van der Waals surface area contributed by atoms with E-state index in [2.05, 4.69) is 31.1 Å². The van der Waals surface area contributed by atoms with Gasteiger partial charge in [-0.05, 0) is 42.5 Å². The summed E-state index contributed by atoms with van der Waals surface area (Å²) < 4.78 is 3.18. The fourth-order valence-corrected chi connectivity index (χ4v) is 2.65. The third-order valence-electron chi connectivity index (χ3n) is 2.74. The summed E-state index contributed by atoms with van der Waals surface area (Å²) in [7, 11) is 0. The molecule has 0 saturated heterocycles. The normalized spacial score (nSPS) is 10.7. The fraction of sp³-hybridized carbons (Fsp3) is 0. The summed E-state index contributed by atoms with van der Waals surface area (Å²) in [6, 6.07) is 9.34. The molecule has 2 aromatic heterocycles. The third-order valence-corrected chi connectivity index (χ3v) is 3.83. The lowest BCUT2D eigenvalue weighted by Gasteiger charge is -2.09. The Kier molecular flexibility index (Phi) is 3.69. The quantitative estimate of drug-likeness (QED) is 0.683. The molecule has 1 N–H and O–H groups in total. The first kappa shape index (κ1) is 13.5. The molecule has 0 aliphatic rings. The second kappa shape index (κ2) is 5.47. The number of halogens is 2. The zero-order valence-electron chi connectivity index (χ0n) is 10.0. The molecule has 0 saturated carbocycles. The predicted molar refractivity (Wildman–Crippen MR) is 84.7 cm³/mol. The van der Waals surface area contributed by atoms with Crippen molar-refractivity contribution in [2.24, 2.45) is 0 Å². The van der Waals surface area contributed by atoms with Crippen molar-refractivity contribution in [2.75, 3.05) is 0 Å². The van der Waals surface area contributed by atoms with Gasteiger partial charge < -0.3 is 0 Å². The van der Waals surface area contributed by atoms with Gasteiger partial charge in [-0.2, -0.15) is 5.10 Å². The molecule has 0 radical (unpaired) electrons. The van der Waals surface area contributed by atoms with E-state index >= 15 is 0 Å². The van der Waals surface area contributed by atoms with Crippen molar-refractivity contribution in [2.45, 2.75) is 0 Å². The fourth-order valence-electron chi connectivity index (χ4n) is 1.87. The molecule has 0 fully saturated rings. The summed E-state index contributed by atoms with van der Waals surface area (Å²) in [6.45, 7) is 0. The molecule has 1 aromatic carbocycles. The van der Waals surface area contributed by atoms with E-state index in [9.17, 15) is 0 Å². The van der Waals surface area contributed by atoms with Crippen LogP contribution in [0.25, 0.3) is 17.1 Å². The molecule has 100 valence electrons. The van der Waals surface area contributed by atoms with Gasteiger partial charge in [0, 0.05) is 22.4 Å². The van der Waals surface area contributed by atoms with Crippen LogP contribution in [0, 0.1) is 4.77 Å². The molecular weight excluding hydrogens is 360 g/mol. The number of rotatable bonds is 2. The van der Waals surface area contributed by atoms with Crippen molar-refractivity contribution >= 4 is 39.7 Å². The van der Waals surface area contributed by atoms with Crippen LogP contribution in [0.4, 0.5) is 0 Å². The Morgan fingerprint density at radius 3 is 2.90 bits per heavy atom. The molecule has 0 aliphatic heterocycles. The van der Waals surface area contributed by atoms with Crippen LogP contribution < -0.4 is 0 Å². The lowest BCUT2D eigenvalue weighted by atomic mass is 10.2. The maximum atomic E-state index is 6.27. The van der Waals surface area contributed by atoms with Crippen LogP contribution in [0.5, 0.6) is 0 Å². The standard InChI is InChI=1S/C13H8BrClN4S/c14-9-3-4-10(15)11(6-9)19-12(17-18-13(19)20)8-2-1-5-16-7-8/h1-7H,(H,18,20). The van der Waals surface area contributed by atoms with Crippen molar-refractivity contribution in [1.29, 1.82) is 0 Å². The summed E-state index contributed by atoms with van der Waals surface area (Å²) >= 11 is 15.0. The second-order valence-electron chi connectivity index (χ2n) is 4.03. The summed E-state index contributed by atoms with van der Waals surface area (Å²) in [5, 5.41) is 7.65. The number of nitrogens with zero attached hydrogens (tertiary/aromatic N) is 3. The minimum atomic E-state index is 0.476. The Morgan fingerprint density at radius 2 is 2.15 bits per heavy atom. The number of hydrogen-bond acceptors (Lipinski definition) is 3. The molecule has 0 unspecified atom stereocenters. The molecule has 3 aromatic rings. The van der Waals surface area contributed by atoms with E-state index in [4.69, 9.17) is 23.8 Å². The molecule has 0 aliphatic carbocycles. The largest absolute Gasteiger partial charge is 0.267 e. The van der Waals surface area contributed by atoms with E-state index in [1.165, 1.54) is 0 Å². The topological polar surface area (TPSA) is 46.5 Å². The maximum absolute atomic E-state index is 6.27. The lowest BCUT2D eigenvalue weighted by molar-refractivity contribution is 1.03. The second-order valence-corrected chi connectivity index (χ2v) is 5.73. The van der Waals surface area contributed by atoms with Gasteiger partial charge in [0.15, 0.2) is 10.6 Å². The van der Waals surface area contributed by atoms with Gasteiger partial charge in [-0.25, -0.2) is 0 Å². The summed E-state index contributed by atoms with van der Waals surface area (Å²) in [4.78, 5) is 4.10. The third kappa shape index (κ3) is 2.42. The number of benzene rings is 1. The highest BCUT2D eigenvalue weighted by Gasteiger charge is 2.13. The Labute approximate surface area is 133 Å². The number of pyridine rings is 1. The molecule has 0 amide bonds. The molecule has 0 spiro atoms. The predicted octanol–water partition coefficient (Wildman–Crippen LogP) is 4.41. The SMILES string of the molecule is S=c1[nH]nc(-c2cccnc2)n1-c1cc(Br)ccc1Cl. The van der Waals surface area contributed by atoms with E-state index in [0.717, 1.165) is 15.7 Å². The van der Waals surface area contributed by atoms with Crippen molar-refractivity contribution in [3.05, 3.63) is 57.0 Å². The van der Waals surface area contributed by atoms with E-state index < -0.39 is 0 Å². The van der Waals surface area contributed by atoms with Gasteiger partial charge >= 0.3 is 0 Å². The molecule has 20 heavy (non-hydrogen) atoms. The number of H-pyrrole nitrogens is 1. The summed E-state index contributed by atoms with van der Waals surface area (Å²) in [5.74, 6) is 0.670. The van der Waals surface area contributed by atoms with Gasteiger partial charge in [0.05, 0.1) is 10.7 Å². The smallest absolute Gasteiger partial charge is 0.200 e. The monoisotopic (exact) mass is 366 g/mol. The van der Waals surface area contributed by atoms with Crippen LogP contribution in [-0.4, -0.2) is 19.7 Å². The number of nitrogens with one attached hydrogen (secondary N) is 1. The number of aromatic amines is 1. The van der Waals surface area contributed by atoms with Crippen molar-refractivity contribution in [3.8, 4) is 17.1 Å². The van der Waals surface area contributed by atoms with Crippen molar-refractivity contribution < 1.29 is 0 Å². The van der Waals surface area contributed by atoms with E-state index in [1.54, 1.807) is 17.0 Å². The lowest BCUT2D eigenvalue weighted by Crippen LogP contribution is -1.99. The highest BCUT2D eigenvalue weighted by atomic mass is 79.9. The van der Waals surface area contributed by atoms with Crippen molar-refractivity contribution in [3.63, 3.8) is 0 Å². The highest BCUT2D eigenvalue weighted by Crippen LogP contribution is 2.28. The van der Waals surface area contributed by atoms with Crippen molar-refractivity contribution in [1.82, 2.24) is 19.7 Å². The molecule has 7 heteroatoms. The van der Waals surface area contributed by atoms with Gasteiger partial charge in [-0.3, -0.25) is 14.6 Å². The zero-order chi connectivity index (χ0) is 14.1. The Balaban J connectivity index is 2.27. The van der Waals surface area contributed by atoms with Gasteiger partial charge in [0.1, 0.15) is 0 Å². The molecule has 0 bridgehead atoms. The Hall–Kier alpha value is -1.50. The van der Waals surface area contributed by atoms with Gasteiger partial charge in [-0.15, -0.1) is 0 Å².